The van der Waals surface area contributed by atoms with Crippen LogP contribution in [0.4, 0.5) is 4.79 Å². The number of amides is 1. The lowest BCUT2D eigenvalue weighted by atomic mass is 9.83. The first-order chi connectivity index (χ1) is 11.7. The number of nitrogens with zero attached hydrogens (tertiary/aromatic N) is 1. The molecule has 0 aliphatic carbocycles. The van der Waals surface area contributed by atoms with Crippen LogP contribution in [0.3, 0.4) is 0 Å². The number of hydrogen-bond donors (Lipinski definition) is 0. The minimum Gasteiger partial charge on any atom is -0.444 e. The number of carbonyl (C=O) groups excluding carboxylic acids is 2. The molecule has 2 aliphatic heterocycles. The number of ether oxygens (including phenoxy) is 1. The second kappa shape index (κ2) is 6.66. The van der Waals surface area contributed by atoms with Crippen LogP contribution in [0.15, 0.2) is 30.3 Å². The van der Waals surface area contributed by atoms with E-state index in [0.717, 1.165) is 36.8 Å². The third kappa shape index (κ3) is 3.94. The Kier molecular flexibility index (Phi) is 4.72. The topological polar surface area (TPSA) is 46.6 Å². The van der Waals surface area contributed by atoms with E-state index in [2.05, 4.69) is 12.1 Å². The molecule has 1 aromatic carbocycles. The summed E-state index contributed by atoms with van der Waals surface area (Å²) in [6.07, 6.45) is 5.89. The standard InChI is InChI=1S/C21H27NO3/c1-14(23)15-7-5-8-16(11-15)17-12-18-9-6-10-19(13-17)22(18)20(24)25-21(2,3)4/h5,7-8,11-12,18-19H,6,9-10,13H2,1-4H3. The molecule has 4 nitrogen and oxygen atoms in total. The highest BCUT2D eigenvalue weighted by molar-refractivity contribution is 5.95. The summed E-state index contributed by atoms with van der Waals surface area (Å²) in [5.41, 5.74) is 2.58. The summed E-state index contributed by atoms with van der Waals surface area (Å²) in [7, 11) is 0. The van der Waals surface area contributed by atoms with Gasteiger partial charge in [-0.05, 0) is 70.6 Å². The second-order valence-electron chi connectivity index (χ2n) is 8.07. The van der Waals surface area contributed by atoms with Gasteiger partial charge in [-0.2, -0.15) is 0 Å². The summed E-state index contributed by atoms with van der Waals surface area (Å²) >= 11 is 0. The van der Waals surface area contributed by atoms with Gasteiger partial charge >= 0.3 is 6.09 Å². The molecule has 2 atom stereocenters. The second-order valence-corrected chi connectivity index (χ2v) is 8.07. The molecule has 1 amide bonds. The third-order valence-electron chi connectivity index (χ3n) is 4.88. The molecule has 0 radical (unpaired) electrons. The normalized spacial score (nSPS) is 23.0. The fourth-order valence-electron chi connectivity index (χ4n) is 3.78. The van der Waals surface area contributed by atoms with Crippen molar-refractivity contribution in [1.29, 1.82) is 0 Å². The summed E-state index contributed by atoms with van der Waals surface area (Å²) in [6.45, 7) is 7.30. The van der Waals surface area contributed by atoms with Crippen LogP contribution < -0.4 is 0 Å². The molecule has 134 valence electrons. The Labute approximate surface area is 149 Å². The molecule has 3 rings (SSSR count). The first kappa shape index (κ1) is 17.7. The number of Topliss-reactive ketones (excluding diaryl/α,β-unsaturated/α-hetero) is 1. The Morgan fingerprint density at radius 1 is 1.20 bits per heavy atom. The van der Waals surface area contributed by atoms with Gasteiger partial charge in [0.2, 0.25) is 0 Å². The van der Waals surface area contributed by atoms with Gasteiger partial charge in [-0.15, -0.1) is 0 Å². The molecule has 2 aliphatic rings. The number of piperidine rings is 1. The van der Waals surface area contributed by atoms with Gasteiger partial charge in [-0.25, -0.2) is 4.79 Å². The first-order valence-electron chi connectivity index (χ1n) is 9.08. The maximum Gasteiger partial charge on any atom is 0.411 e. The highest BCUT2D eigenvalue weighted by atomic mass is 16.6. The number of carbonyl (C=O) groups is 2. The SMILES string of the molecule is CC(=O)c1cccc(C2=CC3CCCC(C2)N3C(=O)OC(C)(C)C)c1. The van der Waals surface area contributed by atoms with E-state index in [1.54, 1.807) is 6.92 Å². The van der Waals surface area contributed by atoms with Crippen LogP contribution in [0, 0.1) is 0 Å². The lowest BCUT2D eigenvalue weighted by Crippen LogP contribution is -2.53. The molecular formula is C21H27NO3. The number of fused-ring (bicyclic) bond motifs is 2. The largest absolute Gasteiger partial charge is 0.444 e. The zero-order valence-corrected chi connectivity index (χ0v) is 15.5. The minimum absolute atomic E-state index is 0.0776. The lowest BCUT2D eigenvalue weighted by Gasteiger charge is -2.45. The van der Waals surface area contributed by atoms with Gasteiger partial charge in [0.1, 0.15) is 5.60 Å². The van der Waals surface area contributed by atoms with Gasteiger partial charge in [0, 0.05) is 11.6 Å². The predicted molar refractivity (Wildman–Crippen MR) is 98.5 cm³/mol. The van der Waals surface area contributed by atoms with Crippen molar-refractivity contribution in [1.82, 2.24) is 4.90 Å². The van der Waals surface area contributed by atoms with Crippen molar-refractivity contribution in [2.45, 2.75) is 71.1 Å². The smallest absolute Gasteiger partial charge is 0.411 e. The monoisotopic (exact) mass is 341 g/mol. The molecule has 1 fully saturated rings. The minimum atomic E-state index is -0.481. The summed E-state index contributed by atoms with van der Waals surface area (Å²) in [5, 5.41) is 0. The van der Waals surface area contributed by atoms with Crippen LogP contribution in [0.2, 0.25) is 0 Å². The molecule has 0 aromatic heterocycles. The fraction of sp³-hybridized carbons (Fsp3) is 0.524. The van der Waals surface area contributed by atoms with E-state index in [4.69, 9.17) is 4.74 Å². The van der Waals surface area contributed by atoms with E-state index in [1.165, 1.54) is 5.57 Å². The van der Waals surface area contributed by atoms with Crippen LogP contribution in [0.25, 0.3) is 5.57 Å². The van der Waals surface area contributed by atoms with Crippen LogP contribution in [0.5, 0.6) is 0 Å². The Bertz CT molecular complexity index is 714. The highest BCUT2D eigenvalue weighted by Gasteiger charge is 2.39. The van der Waals surface area contributed by atoms with Gasteiger partial charge in [0.15, 0.2) is 5.78 Å². The van der Waals surface area contributed by atoms with Crippen molar-refractivity contribution >= 4 is 17.4 Å². The molecule has 25 heavy (non-hydrogen) atoms. The van der Waals surface area contributed by atoms with Gasteiger partial charge in [-0.1, -0.05) is 24.3 Å². The zero-order chi connectivity index (χ0) is 18.2. The van der Waals surface area contributed by atoms with Gasteiger partial charge in [0.25, 0.3) is 0 Å². The Balaban J connectivity index is 1.87. The van der Waals surface area contributed by atoms with Crippen molar-refractivity contribution in [2.24, 2.45) is 0 Å². The average molecular weight is 341 g/mol. The van der Waals surface area contributed by atoms with Crippen molar-refractivity contribution in [2.75, 3.05) is 0 Å². The van der Waals surface area contributed by atoms with Crippen molar-refractivity contribution in [3.63, 3.8) is 0 Å². The van der Waals surface area contributed by atoms with Crippen molar-refractivity contribution in [3.8, 4) is 0 Å². The van der Waals surface area contributed by atoms with Gasteiger partial charge < -0.3 is 4.74 Å². The summed E-state index contributed by atoms with van der Waals surface area (Å²) < 4.78 is 5.62. The molecule has 2 heterocycles. The molecular weight excluding hydrogens is 314 g/mol. The number of benzene rings is 1. The number of rotatable bonds is 2. The molecule has 4 heteroatoms. The predicted octanol–water partition coefficient (Wildman–Crippen LogP) is 4.83. The molecule has 1 saturated heterocycles. The Hall–Kier alpha value is -2.10. The average Bonchev–Trinajstić information content (AvgIpc) is 2.52. The van der Waals surface area contributed by atoms with Crippen molar-refractivity contribution < 1.29 is 14.3 Å². The van der Waals surface area contributed by atoms with E-state index < -0.39 is 5.60 Å². The number of hydrogen-bond acceptors (Lipinski definition) is 3. The van der Waals surface area contributed by atoms with Crippen LogP contribution in [-0.4, -0.2) is 34.5 Å². The quantitative estimate of drug-likeness (QED) is 0.724. The van der Waals surface area contributed by atoms with Crippen LogP contribution in [0.1, 0.15) is 69.3 Å². The van der Waals surface area contributed by atoms with E-state index in [9.17, 15) is 9.59 Å². The Morgan fingerprint density at radius 2 is 1.96 bits per heavy atom. The Morgan fingerprint density at radius 3 is 2.60 bits per heavy atom. The van der Waals surface area contributed by atoms with Crippen LogP contribution in [-0.2, 0) is 4.74 Å². The van der Waals surface area contributed by atoms with Gasteiger partial charge in [0.05, 0.1) is 6.04 Å². The van der Waals surface area contributed by atoms with Gasteiger partial charge in [-0.3, -0.25) is 9.69 Å². The summed E-state index contributed by atoms with van der Waals surface area (Å²) in [6, 6.07) is 8.06. The van der Waals surface area contributed by atoms with Crippen LogP contribution >= 0.6 is 0 Å². The summed E-state index contributed by atoms with van der Waals surface area (Å²) in [4.78, 5) is 26.2. The zero-order valence-electron chi connectivity index (χ0n) is 15.5. The number of ketones is 1. The maximum atomic E-state index is 12.6. The third-order valence-corrected chi connectivity index (χ3v) is 4.88. The fourth-order valence-corrected chi connectivity index (χ4v) is 3.78. The first-order valence-corrected chi connectivity index (χ1v) is 9.08. The molecule has 2 bridgehead atoms. The molecule has 0 spiro atoms. The highest BCUT2D eigenvalue weighted by Crippen LogP contribution is 2.38. The molecule has 1 aromatic rings. The molecule has 0 saturated carbocycles. The van der Waals surface area contributed by atoms with E-state index >= 15 is 0 Å². The van der Waals surface area contributed by atoms with Crippen molar-refractivity contribution in [3.05, 3.63) is 41.5 Å². The molecule has 0 N–H and O–H groups in total. The van der Waals surface area contributed by atoms with E-state index in [1.807, 2.05) is 43.9 Å². The lowest BCUT2D eigenvalue weighted by molar-refractivity contribution is 0.0000791. The summed E-state index contributed by atoms with van der Waals surface area (Å²) in [5.74, 6) is 0.0776. The molecule has 2 unspecified atom stereocenters. The maximum absolute atomic E-state index is 12.6. The van der Waals surface area contributed by atoms with E-state index in [0.29, 0.717) is 0 Å². The van der Waals surface area contributed by atoms with E-state index in [-0.39, 0.29) is 24.0 Å².